The SMILES string of the molecule is CC1(C)OB(c2ccc3c(-c4c(F)c(F)c(F)c(F)c4F)c4ccccc4c(-c4c(F)c(F)c(F)c(F)c4F)c3c2)OC1(C)C. The highest BCUT2D eigenvalue weighted by molar-refractivity contribution is 6.62. The Kier molecular flexibility index (Phi) is 7.01. The molecular weight excluding hydrogens is 617 g/mol. The van der Waals surface area contributed by atoms with Crippen LogP contribution in [0, 0.1) is 58.2 Å². The Morgan fingerprint density at radius 1 is 0.422 bits per heavy atom. The molecule has 0 spiro atoms. The summed E-state index contributed by atoms with van der Waals surface area (Å²) in [6, 6.07) is 8.57. The van der Waals surface area contributed by atoms with E-state index in [2.05, 4.69) is 0 Å². The van der Waals surface area contributed by atoms with Crippen molar-refractivity contribution in [1.29, 1.82) is 0 Å². The van der Waals surface area contributed by atoms with Gasteiger partial charge < -0.3 is 9.31 Å². The molecule has 1 saturated heterocycles. The molecule has 13 heteroatoms. The van der Waals surface area contributed by atoms with E-state index in [0.29, 0.717) is 0 Å². The number of rotatable bonds is 3. The monoisotopic (exact) mass is 636 g/mol. The van der Waals surface area contributed by atoms with Crippen LogP contribution in [0.5, 0.6) is 0 Å². The first-order valence-electron chi connectivity index (χ1n) is 13.4. The topological polar surface area (TPSA) is 18.5 Å². The van der Waals surface area contributed by atoms with Crippen molar-refractivity contribution in [1.82, 2.24) is 0 Å². The number of halogens is 10. The van der Waals surface area contributed by atoms with Gasteiger partial charge in [0.1, 0.15) is 0 Å². The molecule has 232 valence electrons. The zero-order valence-electron chi connectivity index (χ0n) is 23.7. The van der Waals surface area contributed by atoms with Crippen molar-refractivity contribution in [2.45, 2.75) is 38.9 Å². The highest BCUT2D eigenvalue weighted by Crippen LogP contribution is 2.47. The smallest absolute Gasteiger partial charge is 0.399 e. The summed E-state index contributed by atoms with van der Waals surface area (Å²) in [6.07, 6.45) is 0. The van der Waals surface area contributed by atoms with Crippen molar-refractivity contribution >= 4 is 34.1 Å². The van der Waals surface area contributed by atoms with E-state index in [1.54, 1.807) is 27.7 Å². The quantitative estimate of drug-likeness (QED) is 0.0648. The normalized spacial score (nSPS) is 15.9. The van der Waals surface area contributed by atoms with Crippen molar-refractivity contribution in [2.24, 2.45) is 0 Å². The third-order valence-corrected chi connectivity index (χ3v) is 8.49. The number of hydrogen-bond acceptors (Lipinski definition) is 2. The molecule has 45 heavy (non-hydrogen) atoms. The van der Waals surface area contributed by atoms with Crippen molar-refractivity contribution in [3.05, 3.63) is 101 Å². The molecule has 1 heterocycles. The van der Waals surface area contributed by atoms with Crippen LogP contribution in [0.3, 0.4) is 0 Å². The highest BCUT2D eigenvalue weighted by Gasteiger charge is 2.51. The van der Waals surface area contributed by atoms with Gasteiger partial charge in [-0.2, -0.15) is 0 Å². The van der Waals surface area contributed by atoms with Gasteiger partial charge in [-0.25, -0.2) is 43.9 Å². The fraction of sp³-hybridized carbons (Fsp3) is 0.188. The molecule has 1 fully saturated rings. The standard InChI is InChI=1S/C32H19BF10O2/c1-31(2)32(3,4)45-33(44-31)12-9-10-15-16(11-12)18(20-23(36)27(40)30(43)28(41)24(20)37)14-8-6-5-7-13(14)17(15)19-21(34)25(38)29(42)26(39)22(19)35/h5-11H,1-4H3. The molecule has 5 aromatic rings. The average molecular weight is 636 g/mol. The van der Waals surface area contributed by atoms with E-state index in [1.807, 2.05) is 0 Å². The van der Waals surface area contributed by atoms with Crippen molar-refractivity contribution in [3.63, 3.8) is 0 Å². The molecule has 0 bridgehead atoms. The highest BCUT2D eigenvalue weighted by atomic mass is 19.2. The zero-order valence-corrected chi connectivity index (χ0v) is 23.7. The molecule has 0 N–H and O–H groups in total. The molecule has 0 unspecified atom stereocenters. The summed E-state index contributed by atoms with van der Waals surface area (Å²) in [5.74, 6) is -22.7. The van der Waals surface area contributed by atoms with Crippen LogP contribution in [0.15, 0.2) is 42.5 Å². The lowest BCUT2D eigenvalue weighted by molar-refractivity contribution is 0.00578. The van der Waals surface area contributed by atoms with Crippen molar-refractivity contribution in [3.8, 4) is 22.3 Å². The summed E-state index contributed by atoms with van der Waals surface area (Å²) in [7, 11) is -1.15. The van der Waals surface area contributed by atoms with Crippen LogP contribution in [0.1, 0.15) is 27.7 Å². The predicted molar refractivity (Wildman–Crippen MR) is 148 cm³/mol. The summed E-state index contributed by atoms with van der Waals surface area (Å²) in [6.45, 7) is 6.90. The first-order valence-corrected chi connectivity index (χ1v) is 13.4. The number of fused-ring (bicyclic) bond motifs is 2. The third kappa shape index (κ3) is 4.34. The number of benzene rings is 5. The Bertz CT molecular complexity index is 2020. The van der Waals surface area contributed by atoms with Crippen LogP contribution in [-0.2, 0) is 9.31 Å². The molecule has 0 amide bonds. The van der Waals surface area contributed by atoms with Gasteiger partial charge in [-0.15, -0.1) is 0 Å². The maximum atomic E-state index is 15.4. The van der Waals surface area contributed by atoms with E-state index in [1.165, 1.54) is 24.3 Å². The van der Waals surface area contributed by atoms with Gasteiger partial charge in [-0.3, -0.25) is 0 Å². The molecule has 0 atom stereocenters. The van der Waals surface area contributed by atoms with Gasteiger partial charge >= 0.3 is 7.12 Å². The van der Waals surface area contributed by atoms with E-state index in [-0.39, 0.29) is 27.0 Å². The minimum Gasteiger partial charge on any atom is -0.399 e. The fourth-order valence-corrected chi connectivity index (χ4v) is 5.51. The van der Waals surface area contributed by atoms with E-state index < -0.39 is 98.7 Å². The van der Waals surface area contributed by atoms with Crippen LogP contribution in [0.25, 0.3) is 43.8 Å². The molecule has 0 saturated carbocycles. The molecule has 1 aliphatic rings. The second kappa shape index (κ2) is 10.2. The summed E-state index contributed by atoms with van der Waals surface area (Å²) < 4.78 is 160. The largest absolute Gasteiger partial charge is 0.494 e. The Labute approximate surface area is 249 Å². The minimum atomic E-state index is -2.42. The summed E-state index contributed by atoms with van der Waals surface area (Å²) >= 11 is 0. The molecular formula is C32H19BF10O2. The van der Waals surface area contributed by atoms with Gasteiger partial charge in [-0.05, 0) is 54.7 Å². The van der Waals surface area contributed by atoms with E-state index >= 15 is 17.6 Å². The van der Waals surface area contributed by atoms with Crippen molar-refractivity contribution in [2.75, 3.05) is 0 Å². The van der Waals surface area contributed by atoms with E-state index in [9.17, 15) is 26.3 Å². The molecule has 6 rings (SSSR count). The number of hydrogen-bond donors (Lipinski definition) is 0. The maximum absolute atomic E-state index is 15.4. The molecule has 2 nitrogen and oxygen atoms in total. The average Bonchev–Trinajstić information content (AvgIpc) is 3.23. The lowest BCUT2D eigenvalue weighted by Crippen LogP contribution is -2.41. The molecule has 0 radical (unpaired) electrons. The fourth-order valence-electron chi connectivity index (χ4n) is 5.51. The molecule has 1 aliphatic heterocycles. The van der Waals surface area contributed by atoms with Crippen LogP contribution in [0.2, 0.25) is 0 Å². The summed E-state index contributed by atoms with van der Waals surface area (Å²) in [4.78, 5) is 0. The lowest BCUT2D eigenvalue weighted by atomic mass is 9.76. The van der Waals surface area contributed by atoms with E-state index in [4.69, 9.17) is 9.31 Å². The van der Waals surface area contributed by atoms with Gasteiger partial charge in [0.15, 0.2) is 46.5 Å². The maximum Gasteiger partial charge on any atom is 0.494 e. The second-order valence-corrected chi connectivity index (χ2v) is 11.6. The Hall–Kier alpha value is -4.10. The third-order valence-electron chi connectivity index (χ3n) is 8.49. The zero-order chi connectivity index (χ0) is 32.9. The van der Waals surface area contributed by atoms with Crippen LogP contribution in [0.4, 0.5) is 43.9 Å². The van der Waals surface area contributed by atoms with Gasteiger partial charge in [0.25, 0.3) is 0 Å². The van der Waals surface area contributed by atoms with Gasteiger partial charge in [-0.1, -0.05) is 42.5 Å². The lowest BCUT2D eigenvalue weighted by Gasteiger charge is -2.32. The second-order valence-electron chi connectivity index (χ2n) is 11.6. The van der Waals surface area contributed by atoms with Crippen molar-refractivity contribution < 1.29 is 53.2 Å². The Balaban J connectivity index is 1.83. The van der Waals surface area contributed by atoms with Crippen LogP contribution >= 0.6 is 0 Å². The van der Waals surface area contributed by atoms with E-state index in [0.717, 1.165) is 18.2 Å². The van der Waals surface area contributed by atoms with Gasteiger partial charge in [0, 0.05) is 11.1 Å². The van der Waals surface area contributed by atoms with Gasteiger partial charge in [0.2, 0.25) is 11.6 Å². The first-order chi connectivity index (χ1) is 21.0. The van der Waals surface area contributed by atoms with Gasteiger partial charge in [0.05, 0.1) is 22.3 Å². The molecule has 5 aromatic carbocycles. The Morgan fingerprint density at radius 3 is 1.16 bits per heavy atom. The first kappa shape index (κ1) is 30.9. The summed E-state index contributed by atoms with van der Waals surface area (Å²) in [5, 5.41) is -1.33. The van der Waals surface area contributed by atoms with Crippen LogP contribution in [-0.4, -0.2) is 18.3 Å². The molecule has 0 aliphatic carbocycles. The van der Waals surface area contributed by atoms with Crippen LogP contribution < -0.4 is 5.46 Å². The summed E-state index contributed by atoms with van der Waals surface area (Å²) in [5.41, 5.74) is -5.53. The Morgan fingerprint density at radius 2 is 0.756 bits per heavy atom. The minimum absolute atomic E-state index is 0.157. The predicted octanol–water partition coefficient (Wildman–Crippen LogP) is 9.02. The molecule has 0 aromatic heterocycles.